The molecule has 1 amide bonds. The van der Waals surface area contributed by atoms with E-state index in [0.29, 0.717) is 18.1 Å². The van der Waals surface area contributed by atoms with Gasteiger partial charge in [-0.1, -0.05) is 37.1 Å². The summed E-state index contributed by atoms with van der Waals surface area (Å²) in [5.41, 5.74) is 0.455. The van der Waals surface area contributed by atoms with E-state index in [4.69, 9.17) is 4.52 Å². The molecule has 0 radical (unpaired) electrons. The highest BCUT2D eigenvalue weighted by Crippen LogP contribution is 2.36. The van der Waals surface area contributed by atoms with Crippen LogP contribution in [0.5, 0.6) is 0 Å². The third-order valence-electron chi connectivity index (χ3n) is 4.22. The zero-order valence-electron chi connectivity index (χ0n) is 13.0. The first-order chi connectivity index (χ1) is 11.2. The number of nitrogens with zero attached hydrogens (tertiary/aromatic N) is 3. The van der Waals surface area contributed by atoms with Crippen LogP contribution in [-0.4, -0.2) is 21.0 Å². The van der Waals surface area contributed by atoms with Crippen LogP contribution in [0.15, 0.2) is 41.7 Å². The lowest BCUT2D eigenvalue weighted by molar-refractivity contribution is -0.119. The molecule has 0 aromatic carbocycles. The Hall–Kier alpha value is -2.50. The quantitative estimate of drug-likeness (QED) is 0.858. The van der Waals surface area contributed by atoms with Gasteiger partial charge in [0.1, 0.15) is 5.54 Å². The molecule has 0 unspecified atom stereocenters. The van der Waals surface area contributed by atoms with Gasteiger partial charge in [-0.25, -0.2) is 0 Å². The van der Waals surface area contributed by atoms with E-state index in [9.17, 15) is 4.79 Å². The second kappa shape index (κ2) is 6.73. The minimum absolute atomic E-state index is 0.209. The van der Waals surface area contributed by atoms with Crippen LogP contribution in [0.25, 0.3) is 0 Å². The van der Waals surface area contributed by atoms with Crippen LogP contribution in [0.3, 0.4) is 0 Å². The predicted octanol–water partition coefficient (Wildman–Crippen LogP) is 2.52. The van der Waals surface area contributed by atoms with E-state index < -0.39 is 5.54 Å². The number of rotatable bonds is 5. The summed E-state index contributed by atoms with van der Waals surface area (Å²) in [7, 11) is 0. The molecular weight excluding hydrogens is 292 g/mol. The van der Waals surface area contributed by atoms with Crippen LogP contribution in [0.1, 0.15) is 49.4 Å². The van der Waals surface area contributed by atoms with E-state index in [1.807, 2.05) is 12.1 Å². The Morgan fingerprint density at radius 1 is 1.39 bits per heavy atom. The van der Waals surface area contributed by atoms with Crippen molar-refractivity contribution in [2.24, 2.45) is 0 Å². The largest absolute Gasteiger partial charge is 0.338 e. The molecule has 1 saturated carbocycles. The molecular formula is C17H20N4O2. The minimum Gasteiger partial charge on any atom is -0.338 e. The molecule has 2 heterocycles. The molecule has 0 spiro atoms. The maximum absolute atomic E-state index is 11.8. The molecule has 120 valence electrons. The van der Waals surface area contributed by atoms with Crippen molar-refractivity contribution in [3.05, 3.63) is 54.5 Å². The van der Waals surface area contributed by atoms with Gasteiger partial charge in [-0.2, -0.15) is 4.98 Å². The normalized spacial score (nSPS) is 16.7. The van der Waals surface area contributed by atoms with Crippen molar-refractivity contribution in [2.75, 3.05) is 0 Å². The summed E-state index contributed by atoms with van der Waals surface area (Å²) < 4.78 is 5.49. The molecule has 1 aliphatic carbocycles. The van der Waals surface area contributed by atoms with E-state index in [0.717, 1.165) is 37.7 Å². The monoisotopic (exact) mass is 312 g/mol. The molecule has 0 saturated heterocycles. The summed E-state index contributed by atoms with van der Waals surface area (Å²) in [5, 5.41) is 7.08. The van der Waals surface area contributed by atoms with Crippen LogP contribution < -0.4 is 5.32 Å². The lowest BCUT2D eigenvalue weighted by atomic mass is 9.81. The number of carbonyl (C=O) groups excluding carboxylic acids is 1. The van der Waals surface area contributed by atoms with Crippen molar-refractivity contribution < 1.29 is 9.32 Å². The van der Waals surface area contributed by atoms with Crippen LogP contribution in [0, 0.1) is 0 Å². The molecule has 23 heavy (non-hydrogen) atoms. The first kappa shape index (κ1) is 15.4. The van der Waals surface area contributed by atoms with Gasteiger partial charge in [-0.05, 0) is 30.5 Å². The number of hydrogen-bond acceptors (Lipinski definition) is 5. The summed E-state index contributed by atoms with van der Waals surface area (Å²) in [6.45, 7) is 3.53. The minimum atomic E-state index is -0.566. The fraction of sp³-hybridized carbons (Fsp3) is 0.412. The molecule has 1 aliphatic rings. The van der Waals surface area contributed by atoms with Gasteiger partial charge in [-0.3, -0.25) is 9.78 Å². The SMILES string of the molecule is C=CC(=O)NC1(c2nc(Cc3cccnc3)no2)CCCCC1. The van der Waals surface area contributed by atoms with Gasteiger partial charge in [-0.15, -0.1) is 0 Å². The lowest BCUT2D eigenvalue weighted by Gasteiger charge is -2.34. The first-order valence-corrected chi connectivity index (χ1v) is 7.88. The zero-order valence-corrected chi connectivity index (χ0v) is 13.0. The average molecular weight is 312 g/mol. The Balaban J connectivity index is 1.82. The van der Waals surface area contributed by atoms with E-state index in [2.05, 4.69) is 27.0 Å². The molecule has 1 fully saturated rings. The highest BCUT2D eigenvalue weighted by molar-refractivity contribution is 5.87. The first-order valence-electron chi connectivity index (χ1n) is 7.88. The van der Waals surface area contributed by atoms with E-state index in [-0.39, 0.29) is 5.91 Å². The second-order valence-corrected chi connectivity index (χ2v) is 5.89. The number of carbonyl (C=O) groups is 1. The summed E-state index contributed by atoms with van der Waals surface area (Å²) >= 11 is 0. The Morgan fingerprint density at radius 3 is 2.91 bits per heavy atom. The zero-order chi connectivity index (χ0) is 16.1. The van der Waals surface area contributed by atoms with Gasteiger partial charge in [0.05, 0.1) is 0 Å². The maximum atomic E-state index is 11.8. The summed E-state index contributed by atoms with van der Waals surface area (Å²) in [5.74, 6) is 0.885. The second-order valence-electron chi connectivity index (χ2n) is 5.89. The average Bonchev–Trinajstić information content (AvgIpc) is 3.06. The van der Waals surface area contributed by atoms with Crippen molar-refractivity contribution in [2.45, 2.75) is 44.1 Å². The molecule has 1 N–H and O–H groups in total. The molecule has 6 heteroatoms. The van der Waals surface area contributed by atoms with E-state index in [1.165, 1.54) is 6.08 Å². The van der Waals surface area contributed by atoms with Gasteiger partial charge >= 0.3 is 0 Å². The van der Waals surface area contributed by atoms with Crippen molar-refractivity contribution in [3.63, 3.8) is 0 Å². The van der Waals surface area contributed by atoms with E-state index in [1.54, 1.807) is 12.4 Å². The van der Waals surface area contributed by atoms with Gasteiger partial charge in [0, 0.05) is 18.8 Å². The summed E-state index contributed by atoms with van der Waals surface area (Å²) in [6, 6.07) is 3.85. The topological polar surface area (TPSA) is 80.9 Å². The number of nitrogens with one attached hydrogen (secondary N) is 1. The third kappa shape index (κ3) is 3.47. The molecule has 3 rings (SSSR count). The standard InChI is InChI=1S/C17H20N4O2/c1-2-15(22)20-17(8-4-3-5-9-17)16-19-14(21-23-16)11-13-7-6-10-18-12-13/h2,6-7,10,12H,1,3-5,8-9,11H2,(H,20,22). The third-order valence-corrected chi connectivity index (χ3v) is 4.22. The van der Waals surface area contributed by atoms with Gasteiger partial charge < -0.3 is 9.84 Å². The fourth-order valence-corrected chi connectivity index (χ4v) is 3.04. The summed E-state index contributed by atoms with van der Waals surface area (Å²) in [4.78, 5) is 20.5. The number of pyridine rings is 1. The van der Waals surface area contributed by atoms with Crippen molar-refractivity contribution in [3.8, 4) is 0 Å². The Kier molecular flexibility index (Phi) is 4.50. The Labute approximate surface area is 135 Å². The number of hydrogen-bond donors (Lipinski definition) is 1. The van der Waals surface area contributed by atoms with Gasteiger partial charge in [0.15, 0.2) is 5.82 Å². The Morgan fingerprint density at radius 2 is 2.22 bits per heavy atom. The van der Waals surface area contributed by atoms with Crippen LogP contribution in [0.4, 0.5) is 0 Å². The molecule has 2 aromatic rings. The summed E-state index contributed by atoms with van der Waals surface area (Å²) in [6.07, 6.45) is 10.2. The van der Waals surface area contributed by atoms with Crippen LogP contribution >= 0.6 is 0 Å². The predicted molar refractivity (Wildman–Crippen MR) is 84.4 cm³/mol. The smallest absolute Gasteiger partial charge is 0.252 e. The Bertz CT molecular complexity index is 675. The highest BCUT2D eigenvalue weighted by Gasteiger charge is 2.40. The number of aromatic nitrogens is 3. The van der Waals surface area contributed by atoms with Crippen LogP contribution in [0.2, 0.25) is 0 Å². The van der Waals surface area contributed by atoms with E-state index >= 15 is 0 Å². The van der Waals surface area contributed by atoms with Crippen LogP contribution in [-0.2, 0) is 16.8 Å². The fourth-order valence-electron chi connectivity index (χ4n) is 3.04. The molecule has 0 aliphatic heterocycles. The van der Waals surface area contributed by atoms with Gasteiger partial charge in [0.2, 0.25) is 5.91 Å². The van der Waals surface area contributed by atoms with Gasteiger partial charge in [0.25, 0.3) is 5.89 Å². The molecule has 6 nitrogen and oxygen atoms in total. The van der Waals surface area contributed by atoms with Crippen molar-refractivity contribution >= 4 is 5.91 Å². The van der Waals surface area contributed by atoms with Crippen molar-refractivity contribution in [1.82, 2.24) is 20.4 Å². The maximum Gasteiger partial charge on any atom is 0.252 e. The number of amides is 1. The molecule has 0 bridgehead atoms. The highest BCUT2D eigenvalue weighted by atomic mass is 16.5. The lowest BCUT2D eigenvalue weighted by Crippen LogP contribution is -2.46. The molecule has 0 atom stereocenters. The molecule has 2 aromatic heterocycles. The van der Waals surface area contributed by atoms with Crippen molar-refractivity contribution in [1.29, 1.82) is 0 Å².